The molecule has 1 unspecified atom stereocenters. The molecule has 0 aliphatic rings. The Bertz CT molecular complexity index is 731. The summed E-state index contributed by atoms with van der Waals surface area (Å²) in [6.07, 6.45) is -0.903. The van der Waals surface area contributed by atoms with E-state index in [0.717, 1.165) is 13.1 Å². The zero-order valence-electron chi connectivity index (χ0n) is 9.36. The maximum absolute atomic E-state index is 13.5. The summed E-state index contributed by atoms with van der Waals surface area (Å²) in [5, 5.41) is 10.9. The van der Waals surface area contributed by atoms with Crippen LogP contribution in [0.5, 0.6) is 0 Å². The van der Waals surface area contributed by atoms with Gasteiger partial charge in [0.05, 0.1) is 3.79 Å². The summed E-state index contributed by atoms with van der Waals surface area (Å²) in [6, 6.07) is 8.16. The van der Waals surface area contributed by atoms with Crippen molar-refractivity contribution in [3.63, 3.8) is 0 Å². The number of benzene rings is 1. The standard InChI is InChI=1S/C13H7Br2FO2S/c14-7-5-10(19-13(7)15)11(17)9-4-6-2-1-3-8(16)12(6)18-9/h1-5,11,17H. The zero-order chi connectivity index (χ0) is 13.6. The Morgan fingerprint density at radius 2 is 2.05 bits per heavy atom. The van der Waals surface area contributed by atoms with Gasteiger partial charge in [-0.1, -0.05) is 12.1 Å². The van der Waals surface area contributed by atoms with Gasteiger partial charge >= 0.3 is 0 Å². The zero-order valence-corrected chi connectivity index (χ0v) is 13.4. The van der Waals surface area contributed by atoms with Gasteiger partial charge in [0.25, 0.3) is 0 Å². The van der Waals surface area contributed by atoms with Gasteiger partial charge < -0.3 is 9.52 Å². The second-order valence-electron chi connectivity index (χ2n) is 3.98. The highest BCUT2D eigenvalue weighted by Crippen LogP contribution is 2.38. The molecule has 0 aliphatic heterocycles. The van der Waals surface area contributed by atoms with Crippen LogP contribution < -0.4 is 0 Å². The topological polar surface area (TPSA) is 33.4 Å². The first-order valence-electron chi connectivity index (χ1n) is 5.37. The first-order valence-corrected chi connectivity index (χ1v) is 7.77. The molecule has 0 amide bonds. The third kappa shape index (κ3) is 2.38. The van der Waals surface area contributed by atoms with Crippen LogP contribution in [0.25, 0.3) is 11.0 Å². The smallest absolute Gasteiger partial charge is 0.170 e. The molecule has 0 spiro atoms. The summed E-state index contributed by atoms with van der Waals surface area (Å²) in [4.78, 5) is 0.721. The van der Waals surface area contributed by atoms with Gasteiger partial charge in [0, 0.05) is 14.7 Å². The van der Waals surface area contributed by atoms with Gasteiger partial charge in [0.1, 0.15) is 11.9 Å². The Balaban J connectivity index is 2.06. The van der Waals surface area contributed by atoms with E-state index in [1.165, 1.54) is 17.4 Å². The molecule has 0 saturated carbocycles. The van der Waals surface area contributed by atoms with Crippen molar-refractivity contribution in [1.29, 1.82) is 0 Å². The van der Waals surface area contributed by atoms with Crippen molar-refractivity contribution >= 4 is 54.2 Å². The van der Waals surface area contributed by atoms with Crippen molar-refractivity contribution in [1.82, 2.24) is 0 Å². The molecule has 6 heteroatoms. The SMILES string of the molecule is OC(c1cc2cccc(F)c2o1)c1cc(Br)c(Br)s1. The Morgan fingerprint density at radius 1 is 1.26 bits per heavy atom. The average molecular weight is 406 g/mol. The Morgan fingerprint density at radius 3 is 2.68 bits per heavy atom. The summed E-state index contributed by atoms with van der Waals surface area (Å²) in [6.45, 7) is 0. The summed E-state index contributed by atoms with van der Waals surface area (Å²) < 4.78 is 20.7. The molecule has 2 aromatic heterocycles. The Kier molecular flexibility index (Phi) is 3.51. The monoisotopic (exact) mass is 404 g/mol. The lowest BCUT2D eigenvalue weighted by Crippen LogP contribution is -1.94. The van der Waals surface area contributed by atoms with Crippen molar-refractivity contribution in [3.05, 3.63) is 55.0 Å². The Hall–Kier alpha value is -0.690. The molecule has 0 radical (unpaired) electrons. The molecule has 1 N–H and O–H groups in total. The van der Waals surface area contributed by atoms with Crippen LogP contribution in [-0.4, -0.2) is 5.11 Å². The molecule has 0 fully saturated rings. The van der Waals surface area contributed by atoms with Crippen LogP contribution in [-0.2, 0) is 0 Å². The number of furan rings is 1. The van der Waals surface area contributed by atoms with Crippen LogP contribution >= 0.6 is 43.2 Å². The van der Waals surface area contributed by atoms with E-state index in [9.17, 15) is 9.50 Å². The quantitative estimate of drug-likeness (QED) is 0.632. The second kappa shape index (κ2) is 5.01. The van der Waals surface area contributed by atoms with Crippen molar-refractivity contribution in [3.8, 4) is 0 Å². The molecular formula is C13H7Br2FO2S. The average Bonchev–Trinajstić information content (AvgIpc) is 2.94. The van der Waals surface area contributed by atoms with E-state index in [1.807, 2.05) is 6.07 Å². The van der Waals surface area contributed by atoms with Crippen molar-refractivity contribution in [2.45, 2.75) is 6.10 Å². The number of thiophene rings is 1. The third-order valence-electron chi connectivity index (χ3n) is 2.72. The molecule has 1 atom stereocenters. The number of hydrogen-bond acceptors (Lipinski definition) is 3. The van der Waals surface area contributed by atoms with E-state index in [2.05, 4.69) is 31.9 Å². The van der Waals surface area contributed by atoms with Gasteiger partial charge in [-0.25, -0.2) is 4.39 Å². The molecule has 3 rings (SSSR count). The molecular weight excluding hydrogens is 399 g/mol. The largest absolute Gasteiger partial charge is 0.455 e. The lowest BCUT2D eigenvalue weighted by molar-refractivity contribution is 0.195. The van der Waals surface area contributed by atoms with Gasteiger partial charge in [-0.15, -0.1) is 11.3 Å². The number of rotatable bonds is 2. The highest BCUT2D eigenvalue weighted by Gasteiger charge is 2.20. The number of aliphatic hydroxyl groups excluding tert-OH is 1. The molecule has 0 saturated heterocycles. The summed E-state index contributed by atoms with van der Waals surface area (Å²) in [7, 11) is 0. The van der Waals surface area contributed by atoms with Crippen molar-refractivity contribution in [2.24, 2.45) is 0 Å². The van der Waals surface area contributed by atoms with Crippen LogP contribution in [0.15, 0.2) is 43.0 Å². The summed E-state index contributed by atoms with van der Waals surface area (Å²) in [5.41, 5.74) is 0.172. The summed E-state index contributed by atoms with van der Waals surface area (Å²) >= 11 is 8.14. The van der Waals surface area contributed by atoms with E-state index in [0.29, 0.717) is 11.1 Å². The van der Waals surface area contributed by atoms with Crippen molar-refractivity contribution in [2.75, 3.05) is 0 Å². The summed E-state index contributed by atoms with van der Waals surface area (Å²) in [5.74, 6) is -0.0918. The highest BCUT2D eigenvalue weighted by atomic mass is 79.9. The van der Waals surface area contributed by atoms with Crippen LogP contribution in [0, 0.1) is 5.82 Å². The molecule has 2 nitrogen and oxygen atoms in total. The van der Waals surface area contributed by atoms with Gasteiger partial charge in [0.15, 0.2) is 11.4 Å². The molecule has 1 aromatic carbocycles. The van der Waals surface area contributed by atoms with E-state index >= 15 is 0 Å². The number of aliphatic hydroxyl groups is 1. The van der Waals surface area contributed by atoms with E-state index in [1.54, 1.807) is 18.2 Å². The minimum Gasteiger partial charge on any atom is -0.455 e. The maximum atomic E-state index is 13.5. The van der Waals surface area contributed by atoms with E-state index in [-0.39, 0.29) is 5.58 Å². The normalized spacial score (nSPS) is 13.1. The minimum absolute atomic E-state index is 0.172. The fraction of sp³-hybridized carbons (Fsp3) is 0.0769. The molecule has 2 heterocycles. The van der Waals surface area contributed by atoms with E-state index < -0.39 is 11.9 Å². The molecule has 98 valence electrons. The lowest BCUT2D eigenvalue weighted by Gasteiger charge is -2.03. The van der Waals surface area contributed by atoms with Crippen LogP contribution in [0.3, 0.4) is 0 Å². The minimum atomic E-state index is -0.903. The fourth-order valence-corrected chi connectivity index (χ4v) is 3.90. The predicted octanol–water partition coefficient (Wildman–Crippen LogP) is 5.24. The first kappa shape index (κ1) is 13.3. The fourth-order valence-electron chi connectivity index (χ4n) is 1.82. The van der Waals surface area contributed by atoms with Crippen molar-refractivity contribution < 1.29 is 13.9 Å². The van der Waals surface area contributed by atoms with Crippen LogP contribution in [0.1, 0.15) is 16.7 Å². The van der Waals surface area contributed by atoms with Gasteiger partial charge in [-0.05, 0) is 50.1 Å². The van der Waals surface area contributed by atoms with Crippen LogP contribution in [0.4, 0.5) is 4.39 Å². The number of para-hydroxylation sites is 1. The van der Waals surface area contributed by atoms with Crippen LogP contribution in [0.2, 0.25) is 0 Å². The number of fused-ring (bicyclic) bond motifs is 1. The Labute approximate surface area is 129 Å². The molecule has 19 heavy (non-hydrogen) atoms. The maximum Gasteiger partial charge on any atom is 0.170 e. The highest BCUT2D eigenvalue weighted by molar-refractivity contribution is 9.13. The molecule has 3 aromatic rings. The second-order valence-corrected chi connectivity index (χ2v) is 7.24. The van der Waals surface area contributed by atoms with Gasteiger partial charge in [0.2, 0.25) is 0 Å². The number of halogens is 3. The van der Waals surface area contributed by atoms with E-state index in [4.69, 9.17) is 4.42 Å². The number of hydrogen-bond donors (Lipinski definition) is 1. The molecule has 0 aliphatic carbocycles. The lowest BCUT2D eigenvalue weighted by atomic mass is 10.2. The predicted molar refractivity (Wildman–Crippen MR) is 80.0 cm³/mol. The molecule has 0 bridgehead atoms. The van der Waals surface area contributed by atoms with Gasteiger partial charge in [-0.3, -0.25) is 0 Å². The van der Waals surface area contributed by atoms with Gasteiger partial charge in [-0.2, -0.15) is 0 Å². The first-order chi connectivity index (χ1) is 9.06. The third-order valence-corrected chi connectivity index (χ3v) is 6.03.